The number of benzene rings is 1. The average Bonchev–Trinajstić information content (AvgIpc) is 2.42. The lowest BCUT2D eigenvalue weighted by atomic mass is 10.0. The molecule has 0 saturated heterocycles. The Morgan fingerprint density at radius 3 is 2.65 bits per heavy atom. The van der Waals surface area contributed by atoms with Gasteiger partial charge in [-0.3, -0.25) is 0 Å². The van der Waals surface area contributed by atoms with Gasteiger partial charge in [0.05, 0.1) is 12.6 Å². The number of aliphatic hydroxyl groups excluding tert-OH is 1. The molecule has 0 radical (unpaired) electrons. The number of carbonyl (C=O) groups excluding carboxylic acids is 1. The summed E-state index contributed by atoms with van der Waals surface area (Å²) in [6.07, 6.45) is 0.617. The monoisotopic (exact) mass is 286 g/mol. The van der Waals surface area contributed by atoms with Crippen LogP contribution in [0, 0.1) is 11.6 Å². The van der Waals surface area contributed by atoms with E-state index in [2.05, 4.69) is 10.6 Å². The number of hydrogen-bond acceptors (Lipinski definition) is 2. The SMILES string of the molecule is CC[C@H](CO)NC(=O)NC[C@@H](C)c1ccc(F)cc1F. The van der Waals surface area contributed by atoms with E-state index in [4.69, 9.17) is 5.11 Å². The Morgan fingerprint density at radius 2 is 2.10 bits per heavy atom. The fourth-order valence-corrected chi connectivity index (χ4v) is 1.77. The molecule has 0 aromatic heterocycles. The van der Waals surface area contributed by atoms with Gasteiger partial charge < -0.3 is 15.7 Å². The zero-order chi connectivity index (χ0) is 15.1. The minimum Gasteiger partial charge on any atom is -0.394 e. The van der Waals surface area contributed by atoms with Gasteiger partial charge in [-0.1, -0.05) is 19.9 Å². The van der Waals surface area contributed by atoms with Crippen molar-refractivity contribution in [1.82, 2.24) is 10.6 Å². The molecule has 6 heteroatoms. The predicted octanol–water partition coefficient (Wildman–Crippen LogP) is 2.14. The van der Waals surface area contributed by atoms with Gasteiger partial charge in [-0.25, -0.2) is 13.6 Å². The predicted molar refractivity (Wildman–Crippen MR) is 72.5 cm³/mol. The van der Waals surface area contributed by atoms with Crippen molar-refractivity contribution in [2.45, 2.75) is 32.2 Å². The van der Waals surface area contributed by atoms with Gasteiger partial charge in [0, 0.05) is 18.5 Å². The van der Waals surface area contributed by atoms with Crippen molar-refractivity contribution in [1.29, 1.82) is 0 Å². The number of aliphatic hydroxyl groups is 1. The van der Waals surface area contributed by atoms with Crippen LogP contribution in [0.25, 0.3) is 0 Å². The van der Waals surface area contributed by atoms with E-state index in [1.807, 2.05) is 6.92 Å². The Morgan fingerprint density at radius 1 is 1.40 bits per heavy atom. The quantitative estimate of drug-likeness (QED) is 0.750. The normalized spacial score (nSPS) is 13.7. The maximum Gasteiger partial charge on any atom is 0.315 e. The van der Waals surface area contributed by atoms with E-state index in [0.29, 0.717) is 12.0 Å². The van der Waals surface area contributed by atoms with Crippen molar-refractivity contribution >= 4 is 6.03 Å². The summed E-state index contributed by atoms with van der Waals surface area (Å²) in [4.78, 5) is 11.6. The molecule has 20 heavy (non-hydrogen) atoms. The molecule has 0 spiro atoms. The lowest BCUT2D eigenvalue weighted by Gasteiger charge is -2.17. The largest absolute Gasteiger partial charge is 0.394 e. The standard InChI is InChI=1S/C14H20F2N2O2/c1-3-11(8-19)18-14(20)17-7-9(2)12-5-4-10(15)6-13(12)16/h4-6,9,11,19H,3,7-8H2,1-2H3,(H2,17,18,20)/t9-,11-/m1/s1. The fraction of sp³-hybridized carbons (Fsp3) is 0.500. The van der Waals surface area contributed by atoms with Crippen LogP contribution < -0.4 is 10.6 Å². The molecule has 2 amide bonds. The Labute approximate surface area is 117 Å². The second kappa shape index (κ2) is 7.79. The summed E-state index contributed by atoms with van der Waals surface area (Å²) < 4.78 is 26.3. The van der Waals surface area contributed by atoms with Crippen LogP contribution in [-0.2, 0) is 0 Å². The highest BCUT2D eigenvalue weighted by Crippen LogP contribution is 2.18. The van der Waals surface area contributed by atoms with Crippen molar-refractivity contribution in [2.75, 3.05) is 13.2 Å². The zero-order valence-corrected chi connectivity index (χ0v) is 11.6. The molecule has 0 aliphatic carbocycles. The molecular formula is C14H20F2N2O2. The minimum absolute atomic E-state index is 0.133. The van der Waals surface area contributed by atoms with Crippen molar-refractivity contribution in [2.24, 2.45) is 0 Å². The van der Waals surface area contributed by atoms with Crippen LogP contribution in [0.15, 0.2) is 18.2 Å². The van der Waals surface area contributed by atoms with E-state index in [0.717, 1.165) is 6.07 Å². The molecule has 112 valence electrons. The molecule has 1 aromatic carbocycles. The molecule has 4 nitrogen and oxygen atoms in total. The maximum absolute atomic E-state index is 13.5. The van der Waals surface area contributed by atoms with Crippen LogP contribution in [0.3, 0.4) is 0 Å². The summed E-state index contributed by atoms with van der Waals surface area (Å²) in [6, 6.07) is 2.67. The van der Waals surface area contributed by atoms with Gasteiger partial charge in [0.1, 0.15) is 11.6 Å². The summed E-state index contributed by atoms with van der Waals surface area (Å²) in [5, 5.41) is 14.2. The van der Waals surface area contributed by atoms with Gasteiger partial charge >= 0.3 is 6.03 Å². The molecule has 0 aliphatic rings. The first kappa shape index (κ1) is 16.4. The van der Waals surface area contributed by atoms with Crippen LogP contribution in [0.4, 0.5) is 13.6 Å². The first-order chi connectivity index (χ1) is 9.47. The van der Waals surface area contributed by atoms with E-state index < -0.39 is 17.7 Å². The van der Waals surface area contributed by atoms with Gasteiger partial charge in [-0.2, -0.15) is 0 Å². The first-order valence-electron chi connectivity index (χ1n) is 6.58. The van der Waals surface area contributed by atoms with Gasteiger partial charge in [0.15, 0.2) is 0 Å². The van der Waals surface area contributed by atoms with Crippen molar-refractivity contribution in [3.8, 4) is 0 Å². The maximum atomic E-state index is 13.5. The lowest BCUT2D eigenvalue weighted by molar-refractivity contribution is 0.214. The van der Waals surface area contributed by atoms with E-state index in [1.54, 1.807) is 6.92 Å². The number of hydrogen-bond donors (Lipinski definition) is 3. The van der Waals surface area contributed by atoms with Crippen LogP contribution in [0.2, 0.25) is 0 Å². The second-order valence-electron chi connectivity index (χ2n) is 4.71. The Hall–Kier alpha value is -1.69. The van der Waals surface area contributed by atoms with Gasteiger partial charge in [0.2, 0.25) is 0 Å². The molecule has 2 atom stereocenters. The highest BCUT2D eigenvalue weighted by molar-refractivity contribution is 5.74. The first-order valence-corrected chi connectivity index (χ1v) is 6.58. The molecule has 0 aliphatic heterocycles. The van der Waals surface area contributed by atoms with E-state index in [1.165, 1.54) is 12.1 Å². The van der Waals surface area contributed by atoms with E-state index in [-0.39, 0.29) is 25.1 Å². The number of rotatable bonds is 6. The number of carbonyl (C=O) groups is 1. The summed E-state index contributed by atoms with van der Waals surface area (Å²) in [5.41, 5.74) is 0.348. The Balaban J connectivity index is 2.50. The molecule has 0 fully saturated rings. The molecule has 3 N–H and O–H groups in total. The highest BCUT2D eigenvalue weighted by atomic mass is 19.1. The summed E-state index contributed by atoms with van der Waals surface area (Å²) in [7, 11) is 0. The fourth-order valence-electron chi connectivity index (χ4n) is 1.77. The third-order valence-electron chi connectivity index (χ3n) is 3.11. The molecule has 1 aromatic rings. The van der Waals surface area contributed by atoms with Gasteiger partial charge in [-0.15, -0.1) is 0 Å². The summed E-state index contributed by atoms with van der Waals surface area (Å²) in [5.74, 6) is -1.53. The van der Waals surface area contributed by atoms with Gasteiger partial charge in [0.25, 0.3) is 0 Å². The minimum atomic E-state index is -0.627. The van der Waals surface area contributed by atoms with E-state index in [9.17, 15) is 13.6 Å². The van der Waals surface area contributed by atoms with Crippen LogP contribution >= 0.6 is 0 Å². The summed E-state index contributed by atoms with van der Waals surface area (Å²) >= 11 is 0. The molecule has 0 bridgehead atoms. The molecule has 0 unspecified atom stereocenters. The molecular weight excluding hydrogens is 266 g/mol. The number of urea groups is 1. The van der Waals surface area contributed by atoms with Crippen molar-refractivity contribution < 1.29 is 18.7 Å². The van der Waals surface area contributed by atoms with Crippen molar-refractivity contribution in [3.05, 3.63) is 35.4 Å². The molecule has 0 saturated carbocycles. The van der Waals surface area contributed by atoms with Gasteiger partial charge in [-0.05, 0) is 18.1 Å². The molecule has 1 rings (SSSR count). The summed E-state index contributed by atoms with van der Waals surface area (Å²) in [6.45, 7) is 3.67. The van der Waals surface area contributed by atoms with Crippen molar-refractivity contribution in [3.63, 3.8) is 0 Å². The third kappa shape index (κ3) is 4.77. The highest BCUT2D eigenvalue weighted by Gasteiger charge is 2.14. The molecule has 0 heterocycles. The number of halogens is 2. The van der Waals surface area contributed by atoms with Crippen LogP contribution in [0.1, 0.15) is 31.7 Å². The Kier molecular flexibility index (Phi) is 6.38. The number of nitrogens with one attached hydrogen (secondary N) is 2. The topological polar surface area (TPSA) is 61.4 Å². The zero-order valence-electron chi connectivity index (χ0n) is 11.6. The third-order valence-corrected chi connectivity index (χ3v) is 3.11. The Bertz CT molecular complexity index is 451. The lowest BCUT2D eigenvalue weighted by Crippen LogP contribution is -2.44. The second-order valence-corrected chi connectivity index (χ2v) is 4.71. The van der Waals surface area contributed by atoms with Crippen LogP contribution in [0.5, 0.6) is 0 Å². The number of amides is 2. The van der Waals surface area contributed by atoms with E-state index >= 15 is 0 Å². The smallest absolute Gasteiger partial charge is 0.315 e. The average molecular weight is 286 g/mol. The van der Waals surface area contributed by atoms with Crippen LogP contribution in [-0.4, -0.2) is 30.3 Å².